The maximum atomic E-state index is 5.25. The third kappa shape index (κ3) is 3.34. The van der Waals surface area contributed by atoms with Gasteiger partial charge in [-0.15, -0.1) is 0 Å². The Bertz CT molecular complexity index is 180. The highest BCUT2D eigenvalue weighted by atomic mass is 32.2. The molecule has 0 bridgehead atoms. The van der Waals surface area contributed by atoms with Crippen LogP contribution in [0.4, 0.5) is 0 Å². The Labute approximate surface area is 97.9 Å². The molecule has 1 aliphatic heterocycles. The molecule has 1 fully saturated rings. The van der Waals surface area contributed by atoms with Gasteiger partial charge in [-0.05, 0) is 19.7 Å². The summed E-state index contributed by atoms with van der Waals surface area (Å²) in [5, 5.41) is 4.21. The van der Waals surface area contributed by atoms with Crippen LogP contribution in [0.1, 0.15) is 13.8 Å². The molecule has 1 aliphatic rings. The molecule has 3 unspecified atom stereocenters. The van der Waals surface area contributed by atoms with Crippen LogP contribution in [0.25, 0.3) is 0 Å². The van der Waals surface area contributed by atoms with Crippen molar-refractivity contribution < 1.29 is 4.74 Å². The second-order valence-corrected chi connectivity index (χ2v) is 5.21. The summed E-state index contributed by atoms with van der Waals surface area (Å²) in [6, 6.07) is 1.18. The molecule has 0 aromatic rings. The number of likely N-dealkylation sites (N-methyl/N-ethyl adjacent to an activating group) is 1. The molecular formula is C11H24N2OS. The van der Waals surface area contributed by atoms with E-state index < -0.39 is 0 Å². The lowest BCUT2D eigenvalue weighted by Gasteiger charge is -2.35. The fraction of sp³-hybridized carbons (Fsp3) is 1.00. The van der Waals surface area contributed by atoms with Crippen molar-refractivity contribution in [3.63, 3.8) is 0 Å². The summed E-state index contributed by atoms with van der Waals surface area (Å²) >= 11 is 1.97. The average molecular weight is 232 g/mol. The van der Waals surface area contributed by atoms with Crippen molar-refractivity contribution in [3.05, 3.63) is 0 Å². The number of rotatable bonds is 6. The van der Waals surface area contributed by atoms with Crippen LogP contribution in [0.2, 0.25) is 0 Å². The molecule has 1 rings (SSSR count). The zero-order chi connectivity index (χ0) is 11.3. The van der Waals surface area contributed by atoms with Crippen molar-refractivity contribution in [1.29, 1.82) is 0 Å². The quantitative estimate of drug-likeness (QED) is 0.740. The van der Waals surface area contributed by atoms with E-state index in [2.05, 4.69) is 30.3 Å². The van der Waals surface area contributed by atoms with Gasteiger partial charge in [-0.3, -0.25) is 4.90 Å². The number of thioether (sulfide) groups is 1. The van der Waals surface area contributed by atoms with Crippen LogP contribution in [-0.4, -0.2) is 61.8 Å². The van der Waals surface area contributed by atoms with E-state index in [1.807, 2.05) is 11.8 Å². The topological polar surface area (TPSA) is 24.5 Å². The monoisotopic (exact) mass is 232 g/mol. The molecule has 0 spiro atoms. The molecule has 0 aliphatic carbocycles. The van der Waals surface area contributed by atoms with Gasteiger partial charge in [-0.1, -0.05) is 6.92 Å². The fourth-order valence-electron chi connectivity index (χ4n) is 2.42. The lowest BCUT2D eigenvalue weighted by Crippen LogP contribution is -2.48. The molecule has 1 heterocycles. The van der Waals surface area contributed by atoms with Crippen LogP contribution in [0, 0.1) is 0 Å². The van der Waals surface area contributed by atoms with Gasteiger partial charge in [-0.2, -0.15) is 11.8 Å². The maximum absolute atomic E-state index is 5.25. The van der Waals surface area contributed by atoms with E-state index in [-0.39, 0.29) is 0 Å². The van der Waals surface area contributed by atoms with E-state index in [9.17, 15) is 0 Å². The molecule has 15 heavy (non-hydrogen) atoms. The summed E-state index contributed by atoms with van der Waals surface area (Å²) in [5.41, 5.74) is 0. The van der Waals surface area contributed by atoms with Crippen molar-refractivity contribution in [3.8, 4) is 0 Å². The molecule has 0 amide bonds. The predicted octanol–water partition coefficient (Wildman–Crippen LogP) is 1.05. The third-order valence-corrected chi connectivity index (χ3v) is 4.28. The first-order chi connectivity index (χ1) is 7.24. The molecule has 0 saturated carbocycles. The van der Waals surface area contributed by atoms with Crippen LogP contribution >= 0.6 is 11.8 Å². The van der Waals surface area contributed by atoms with Crippen LogP contribution in [0.3, 0.4) is 0 Å². The van der Waals surface area contributed by atoms with Crippen molar-refractivity contribution in [2.45, 2.75) is 31.2 Å². The molecule has 1 N–H and O–H groups in total. The van der Waals surface area contributed by atoms with E-state index in [0.29, 0.717) is 12.1 Å². The second-order valence-electron chi connectivity index (χ2n) is 4.13. The van der Waals surface area contributed by atoms with E-state index >= 15 is 0 Å². The van der Waals surface area contributed by atoms with Crippen LogP contribution in [0.5, 0.6) is 0 Å². The summed E-state index contributed by atoms with van der Waals surface area (Å²) < 4.78 is 5.25. The lowest BCUT2D eigenvalue weighted by atomic mass is 10.1. The van der Waals surface area contributed by atoms with E-state index in [4.69, 9.17) is 4.74 Å². The minimum atomic E-state index is 0.513. The van der Waals surface area contributed by atoms with Gasteiger partial charge in [0, 0.05) is 37.5 Å². The van der Waals surface area contributed by atoms with Crippen LogP contribution < -0.4 is 5.32 Å². The van der Waals surface area contributed by atoms with Crippen LogP contribution in [0.15, 0.2) is 0 Å². The minimum Gasteiger partial charge on any atom is -0.383 e. The Morgan fingerprint density at radius 1 is 1.53 bits per heavy atom. The Kier molecular flexibility index (Phi) is 5.97. The lowest BCUT2D eigenvalue weighted by molar-refractivity contribution is 0.0800. The molecule has 1 saturated heterocycles. The summed E-state index contributed by atoms with van der Waals surface area (Å²) in [6.45, 7) is 8.68. The second kappa shape index (κ2) is 6.74. The summed E-state index contributed by atoms with van der Waals surface area (Å²) in [7, 11) is 1.78. The summed E-state index contributed by atoms with van der Waals surface area (Å²) in [6.07, 6.45) is 2.21. The van der Waals surface area contributed by atoms with Crippen molar-refractivity contribution in [2.75, 3.05) is 39.6 Å². The normalized spacial score (nSPS) is 28.6. The largest absolute Gasteiger partial charge is 0.383 e. The number of methoxy groups -OCH3 is 1. The van der Waals surface area contributed by atoms with E-state index in [1.165, 1.54) is 0 Å². The van der Waals surface area contributed by atoms with Gasteiger partial charge in [0.2, 0.25) is 0 Å². The highest BCUT2D eigenvalue weighted by Gasteiger charge is 2.32. The predicted molar refractivity (Wildman–Crippen MR) is 67.7 cm³/mol. The maximum Gasteiger partial charge on any atom is 0.0615 e. The molecule has 3 nitrogen and oxygen atoms in total. The first-order valence-corrected chi connectivity index (χ1v) is 7.01. The first kappa shape index (κ1) is 13.3. The molecule has 0 aromatic carbocycles. The molecule has 4 heteroatoms. The molecule has 3 atom stereocenters. The first-order valence-electron chi connectivity index (χ1n) is 5.72. The Morgan fingerprint density at radius 2 is 2.27 bits per heavy atom. The smallest absolute Gasteiger partial charge is 0.0615 e. The molecule has 90 valence electrons. The van der Waals surface area contributed by atoms with E-state index in [1.54, 1.807) is 7.11 Å². The SMILES string of the molecule is CCN(C(C)COC)C1CNCC1SC. The number of ether oxygens (including phenoxy) is 1. The Hall–Kier alpha value is 0.230. The highest BCUT2D eigenvalue weighted by Crippen LogP contribution is 2.21. The number of hydrogen-bond acceptors (Lipinski definition) is 4. The standard InChI is InChI=1S/C11H24N2OS/c1-5-13(9(2)8-14-3)10-6-12-7-11(10)15-4/h9-12H,5-8H2,1-4H3. The highest BCUT2D eigenvalue weighted by molar-refractivity contribution is 7.99. The Balaban J connectivity index is 2.56. The zero-order valence-electron chi connectivity index (χ0n) is 10.3. The molecule has 0 aromatic heterocycles. The van der Waals surface area contributed by atoms with Gasteiger partial charge in [0.15, 0.2) is 0 Å². The van der Waals surface area contributed by atoms with Crippen molar-refractivity contribution in [2.24, 2.45) is 0 Å². The van der Waals surface area contributed by atoms with Crippen molar-refractivity contribution in [1.82, 2.24) is 10.2 Å². The zero-order valence-corrected chi connectivity index (χ0v) is 11.1. The Morgan fingerprint density at radius 3 is 2.80 bits per heavy atom. The van der Waals surface area contributed by atoms with Gasteiger partial charge >= 0.3 is 0 Å². The summed E-state index contributed by atoms with van der Waals surface area (Å²) in [5.74, 6) is 0. The van der Waals surface area contributed by atoms with Gasteiger partial charge < -0.3 is 10.1 Å². The summed E-state index contributed by atoms with van der Waals surface area (Å²) in [4.78, 5) is 2.56. The number of nitrogens with one attached hydrogen (secondary N) is 1. The fourth-order valence-corrected chi connectivity index (χ4v) is 3.27. The van der Waals surface area contributed by atoms with E-state index in [0.717, 1.165) is 31.5 Å². The number of nitrogens with zero attached hydrogens (tertiary/aromatic N) is 1. The van der Waals surface area contributed by atoms with Gasteiger partial charge in [-0.25, -0.2) is 0 Å². The number of hydrogen-bond donors (Lipinski definition) is 1. The van der Waals surface area contributed by atoms with Gasteiger partial charge in [0.1, 0.15) is 0 Å². The third-order valence-electron chi connectivity index (χ3n) is 3.20. The average Bonchev–Trinajstić information content (AvgIpc) is 2.67. The van der Waals surface area contributed by atoms with Crippen LogP contribution in [-0.2, 0) is 4.74 Å². The van der Waals surface area contributed by atoms with Crippen molar-refractivity contribution >= 4 is 11.8 Å². The molecular weight excluding hydrogens is 208 g/mol. The van der Waals surface area contributed by atoms with Gasteiger partial charge in [0.05, 0.1) is 6.61 Å². The molecule has 0 radical (unpaired) electrons. The minimum absolute atomic E-state index is 0.513. The van der Waals surface area contributed by atoms with Gasteiger partial charge in [0.25, 0.3) is 0 Å².